The Labute approximate surface area is 138 Å². The van der Waals surface area contributed by atoms with Gasteiger partial charge in [0.25, 0.3) is 0 Å². The van der Waals surface area contributed by atoms with Crippen LogP contribution in [0.5, 0.6) is 0 Å². The summed E-state index contributed by atoms with van der Waals surface area (Å²) in [5.41, 5.74) is 0.157. The highest BCUT2D eigenvalue weighted by molar-refractivity contribution is 6.01. The van der Waals surface area contributed by atoms with Crippen LogP contribution in [0.15, 0.2) is 30.3 Å². The number of alkyl carbamates (subject to hydrolysis) is 1. The van der Waals surface area contributed by atoms with Gasteiger partial charge in [-0.2, -0.15) is 0 Å². The van der Waals surface area contributed by atoms with Crippen LogP contribution >= 0.6 is 0 Å². The minimum absolute atomic E-state index is 0.0277. The Kier molecular flexibility index (Phi) is 6.84. The van der Waals surface area contributed by atoms with Gasteiger partial charge >= 0.3 is 6.09 Å². The van der Waals surface area contributed by atoms with E-state index in [1.54, 1.807) is 20.8 Å². The Morgan fingerprint density at radius 1 is 1.22 bits per heavy atom. The molecule has 0 fully saturated rings. The number of rotatable bonds is 4. The molecule has 0 spiro atoms. The summed E-state index contributed by atoms with van der Waals surface area (Å²) in [5.74, 6) is 5.12. The molecule has 1 aromatic carbocycles. The molecule has 0 saturated heterocycles. The number of ketones is 1. The van der Waals surface area contributed by atoms with Gasteiger partial charge in [-0.25, -0.2) is 4.79 Å². The number of nitrogens with one attached hydrogen (secondary N) is 1. The smallest absolute Gasteiger partial charge is 0.408 e. The first kappa shape index (κ1) is 18.8. The Balaban J connectivity index is 2.84. The van der Waals surface area contributed by atoms with Crippen LogP contribution in [0.3, 0.4) is 0 Å². The highest BCUT2D eigenvalue weighted by atomic mass is 16.6. The fourth-order valence-corrected chi connectivity index (χ4v) is 1.87. The maximum atomic E-state index is 12.4. The van der Waals surface area contributed by atoms with Crippen LogP contribution < -0.4 is 5.32 Å². The second kappa shape index (κ2) is 8.38. The van der Waals surface area contributed by atoms with Crippen molar-refractivity contribution in [2.75, 3.05) is 0 Å². The molecule has 0 heterocycles. The van der Waals surface area contributed by atoms with E-state index in [-0.39, 0.29) is 11.7 Å². The van der Waals surface area contributed by atoms with Crippen molar-refractivity contribution in [1.29, 1.82) is 0 Å². The fraction of sp³-hybridized carbons (Fsp3) is 0.474. The predicted molar refractivity (Wildman–Crippen MR) is 90.9 cm³/mol. The molecule has 0 unspecified atom stereocenters. The van der Waals surface area contributed by atoms with Gasteiger partial charge in [-0.1, -0.05) is 44.4 Å². The maximum Gasteiger partial charge on any atom is 0.408 e. The normalized spacial score (nSPS) is 13.3. The van der Waals surface area contributed by atoms with Gasteiger partial charge in [0.1, 0.15) is 11.6 Å². The van der Waals surface area contributed by atoms with E-state index in [1.807, 2.05) is 44.2 Å². The molecule has 4 heteroatoms. The van der Waals surface area contributed by atoms with Gasteiger partial charge in [-0.15, -0.1) is 0 Å². The van der Waals surface area contributed by atoms with Crippen molar-refractivity contribution in [2.45, 2.75) is 52.7 Å². The van der Waals surface area contributed by atoms with Gasteiger partial charge in [0.2, 0.25) is 5.78 Å². The van der Waals surface area contributed by atoms with E-state index in [4.69, 9.17) is 4.74 Å². The highest BCUT2D eigenvalue weighted by Gasteiger charge is 2.27. The first-order chi connectivity index (χ1) is 10.7. The molecule has 2 atom stereocenters. The van der Waals surface area contributed by atoms with Crippen molar-refractivity contribution >= 4 is 11.9 Å². The van der Waals surface area contributed by atoms with Crippen LogP contribution in [-0.4, -0.2) is 23.5 Å². The number of benzene rings is 1. The number of amides is 1. The second-order valence-corrected chi connectivity index (χ2v) is 6.49. The lowest BCUT2D eigenvalue weighted by Crippen LogP contribution is -2.46. The van der Waals surface area contributed by atoms with Gasteiger partial charge in [0.05, 0.1) is 0 Å². The lowest BCUT2D eigenvalue weighted by Gasteiger charge is -2.24. The molecule has 124 valence electrons. The molecule has 4 nitrogen and oxygen atoms in total. The van der Waals surface area contributed by atoms with Crippen molar-refractivity contribution in [3.05, 3.63) is 35.9 Å². The molecule has 23 heavy (non-hydrogen) atoms. The van der Waals surface area contributed by atoms with E-state index in [1.165, 1.54) is 0 Å². The van der Waals surface area contributed by atoms with E-state index < -0.39 is 17.7 Å². The van der Waals surface area contributed by atoms with Gasteiger partial charge in [0.15, 0.2) is 0 Å². The first-order valence-corrected chi connectivity index (χ1v) is 7.83. The molecule has 1 aromatic rings. The number of hydrogen-bond acceptors (Lipinski definition) is 3. The zero-order valence-electron chi connectivity index (χ0n) is 14.5. The summed E-state index contributed by atoms with van der Waals surface area (Å²) in [6, 6.07) is 8.60. The average Bonchev–Trinajstić information content (AvgIpc) is 2.49. The van der Waals surface area contributed by atoms with Crippen LogP contribution in [0.4, 0.5) is 4.79 Å². The van der Waals surface area contributed by atoms with Gasteiger partial charge in [0, 0.05) is 5.56 Å². The SMILES string of the molecule is CC[C@H](C)[C@H](NC(=O)OC(C)(C)C)C(=O)C#Cc1ccccc1. The van der Waals surface area contributed by atoms with Crippen molar-refractivity contribution in [1.82, 2.24) is 5.32 Å². The largest absolute Gasteiger partial charge is 0.444 e. The first-order valence-electron chi connectivity index (χ1n) is 7.83. The van der Waals surface area contributed by atoms with Gasteiger partial charge < -0.3 is 10.1 Å². The molecule has 1 rings (SSSR count). The molecule has 0 aromatic heterocycles. The van der Waals surface area contributed by atoms with E-state index in [2.05, 4.69) is 17.2 Å². The van der Waals surface area contributed by atoms with Crippen LogP contribution in [-0.2, 0) is 9.53 Å². The minimum Gasteiger partial charge on any atom is -0.444 e. The molecule has 0 bridgehead atoms. The topological polar surface area (TPSA) is 55.4 Å². The molecule has 1 N–H and O–H groups in total. The zero-order valence-corrected chi connectivity index (χ0v) is 14.5. The molecule has 0 saturated carbocycles. The fourth-order valence-electron chi connectivity index (χ4n) is 1.87. The van der Waals surface area contributed by atoms with Crippen molar-refractivity contribution < 1.29 is 14.3 Å². The molecular weight excluding hydrogens is 290 g/mol. The Morgan fingerprint density at radius 3 is 2.35 bits per heavy atom. The standard InChI is InChI=1S/C19H25NO3/c1-6-14(2)17(20-18(22)23-19(3,4)5)16(21)13-12-15-10-8-7-9-11-15/h7-11,14,17H,6H2,1-5H3,(H,20,22)/t14-,17-/m0/s1. The van der Waals surface area contributed by atoms with Crippen molar-refractivity contribution in [3.8, 4) is 11.8 Å². The average molecular weight is 315 g/mol. The predicted octanol–water partition coefficient (Wildman–Crippen LogP) is 3.55. The monoisotopic (exact) mass is 315 g/mol. The van der Waals surface area contributed by atoms with E-state index >= 15 is 0 Å². The summed E-state index contributed by atoms with van der Waals surface area (Å²) >= 11 is 0. The number of carbonyl (C=O) groups is 2. The summed E-state index contributed by atoms with van der Waals surface area (Å²) < 4.78 is 5.23. The lowest BCUT2D eigenvalue weighted by molar-refractivity contribution is -0.116. The molecular formula is C19H25NO3. The summed E-state index contributed by atoms with van der Waals surface area (Å²) in [6.07, 6.45) is 0.150. The van der Waals surface area contributed by atoms with Crippen LogP contribution in [0.2, 0.25) is 0 Å². The van der Waals surface area contributed by atoms with E-state index in [0.29, 0.717) is 0 Å². The van der Waals surface area contributed by atoms with Crippen LogP contribution in [0.1, 0.15) is 46.6 Å². The minimum atomic E-state index is -0.675. The quantitative estimate of drug-likeness (QED) is 0.865. The van der Waals surface area contributed by atoms with Crippen molar-refractivity contribution in [3.63, 3.8) is 0 Å². The molecule has 0 aliphatic heterocycles. The molecule has 0 aliphatic rings. The molecule has 0 aliphatic carbocycles. The van der Waals surface area contributed by atoms with Gasteiger partial charge in [-0.05, 0) is 44.7 Å². The molecule has 0 radical (unpaired) electrons. The maximum absolute atomic E-state index is 12.4. The van der Waals surface area contributed by atoms with Crippen LogP contribution in [0.25, 0.3) is 0 Å². The summed E-state index contributed by atoms with van der Waals surface area (Å²) in [4.78, 5) is 24.3. The Morgan fingerprint density at radius 2 is 1.83 bits per heavy atom. The van der Waals surface area contributed by atoms with Crippen molar-refractivity contribution in [2.24, 2.45) is 5.92 Å². The number of ether oxygens (including phenoxy) is 1. The number of Topliss-reactive ketones (excluding diaryl/α,β-unsaturated/α-hetero) is 1. The lowest BCUT2D eigenvalue weighted by atomic mass is 9.95. The third-order valence-electron chi connectivity index (χ3n) is 3.27. The summed E-state index contributed by atoms with van der Waals surface area (Å²) in [5, 5.41) is 2.65. The summed E-state index contributed by atoms with van der Waals surface area (Å²) in [6.45, 7) is 9.21. The Bertz CT molecular complexity index is 591. The second-order valence-electron chi connectivity index (χ2n) is 6.49. The summed E-state index contributed by atoms with van der Waals surface area (Å²) in [7, 11) is 0. The van der Waals surface area contributed by atoms with Crippen LogP contribution in [0, 0.1) is 17.8 Å². The third-order valence-corrected chi connectivity index (χ3v) is 3.27. The number of hydrogen-bond donors (Lipinski definition) is 1. The Hall–Kier alpha value is -2.28. The number of carbonyl (C=O) groups excluding carboxylic acids is 2. The van der Waals surface area contributed by atoms with Gasteiger partial charge in [-0.3, -0.25) is 4.79 Å². The van der Waals surface area contributed by atoms with E-state index in [9.17, 15) is 9.59 Å². The zero-order chi connectivity index (χ0) is 17.5. The third kappa shape index (κ3) is 7.01. The molecule has 1 amide bonds. The van der Waals surface area contributed by atoms with E-state index in [0.717, 1.165) is 12.0 Å². The highest BCUT2D eigenvalue weighted by Crippen LogP contribution is 2.11.